The molecule has 2 aromatic rings. The zero-order valence-corrected chi connectivity index (χ0v) is 17.2. The number of halogens is 1. The van der Waals surface area contributed by atoms with E-state index in [0.29, 0.717) is 12.0 Å². The van der Waals surface area contributed by atoms with Crippen molar-refractivity contribution in [3.05, 3.63) is 65.2 Å². The Morgan fingerprint density at radius 1 is 1.00 bits per heavy atom. The molecule has 5 heteroatoms. The van der Waals surface area contributed by atoms with Gasteiger partial charge in [-0.25, -0.2) is 4.39 Å². The Balaban J connectivity index is 1.32. The van der Waals surface area contributed by atoms with Crippen molar-refractivity contribution in [2.45, 2.75) is 51.0 Å². The summed E-state index contributed by atoms with van der Waals surface area (Å²) < 4.78 is 13.1. The monoisotopic (exact) mass is 395 g/mol. The van der Waals surface area contributed by atoms with Gasteiger partial charge in [0.1, 0.15) is 5.82 Å². The molecule has 0 saturated carbocycles. The van der Waals surface area contributed by atoms with Gasteiger partial charge in [0.2, 0.25) is 5.91 Å². The van der Waals surface area contributed by atoms with Crippen LogP contribution in [0.2, 0.25) is 0 Å². The molecule has 29 heavy (non-hydrogen) atoms. The number of hydrogen-bond acceptors (Lipinski definition) is 3. The maximum Gasteiger partial charge on any atom is 0.219 e. The molecule has 2 aliphatic rings. The topological polar surface area (TPSA) is 36.4 Å². The largest absolute Gasteiger partial charge is 0.343 e. The fraction of sp³-hybridized carbons (Fsp3) is 0.500. The molecule has 0 aliphatic carbocycles. The summed E-state index contributed by atoms with van der Waals surface area (Å²) in [4.78, 5) is 21.0. The summed E-state index contributed by atoms with van der Waals surface area (Å²) in [7, 11) is 0. The third-order valence-electron chi connectivity index (χ3n) is 6.50. The van der Waals surface area contributed by atoms with Crippen LogP contribution in [0, 0.1) is 5.82 Å². The molecule has 0 N–H and O–H groups in total. The van der Waals surface area contributed by atoms with Crippen LogP contribution in [0.3, 0.4) is 0 Å². The van der Waals surface area contributed by atoms with Gasteiger partial charge in [-0.05, 0) is 68.6 Å². The second-order valence-electron chi connectivity index (χ2n) is 8.40. The number of likely N-dealkylation sites (tertiary alicyclic amines) is 2. The Morgan fingerprint density at radius 2 is 1.69 bits per heavy atom. The van der Waals surface area contributed by atoms with Gasteiger partial charge in [0.25, 0.3) is 0 Å². The van der Waals surface area contributed by atoms with Gasteiger partial charge in [0.15, 0.2) is 0 Å². The zero-order chi connectivity index (χ0) is 20.2. The van der Waals surface area contributed by atoms with E-state index in [0.717, 1.165) is 69.5 Å². The number of nitrogens with zero attached hydrogens (tertiary/aromatic N) is 3. The molecule has 0 bridgehead atoms. The van der Waals surface area contributed by atoms with Crippen molar-refractivity contribution in [1.82, 2.24) is 14.8 Å². The summed E-state index contributed by atoms with van der Waals surface area (Å²) in [5.74, 6) is 0.514. The lowest BCUT2D eigenvalue weighted by Crippen LogP contribution is -2.48. The van der Waals surface area contributed by atoms with Crippen LogP contribution in [0.15, 0.2) is 42.5 Å². The lowest BCUT2D eigenvalue weighted by molar-refractivity contribution is -0.130. The predicted octanol–water partition coefficient (Wildman–Crippen LogP) is 4.00. The molecule has 2 aliphatic heterocycles. The molecule has 3 heterocycles. The number of amides is 1. The van der Waals surface area contributed by atoms with Crippen molar-refractivity contribution < 1.29 is 9.18 Å². The van der Waals surface area contributed by atoms with Crippen molar-refractivity contribution in [2.75, 3.05) is 26.2 Å². The predicted molar refractivity (Wildman–Crippen MR) is 112 cm³/mol. The van der Waals surface area contributed by atoms with Crippen LogP contribution in [0.25, 0.3) is 0 Å². The summed E-state index contributed by atoms with van der Waals surface area (Å²) >= 11 is 0. The highest BCUT2D eigenvalue weighted by Gasteiger charge is 2.29. The average molecular weight is 396 g/mol. The second-order valence-corrected chi connectivity index (χ2v) is 8.40. The lowest BCUT2D eigenvalue weighted by Gasteiger charge is -2.41. The fourth-order valence-electron chi connectivity index (χ4n) is 4.74. The molecule has 1 aromatic carbocycles. The summed E-state index contributed by atoms with van der Waals surface area (Å²) in [6.45, 7) is 5.68. The van der Waals surface area contributed by atoms with E-state index in [1.807, 2.05) is 17.0 Å². The summed E-state index contributed by atoms with van der Waals surface area (Å²) in [5, 5.41) is 0. The van der Waals surface area contributed by atoms with Gasteiger partial charge in [0.05, 0.1) is 0 Å². The maximum absolute atomic E-state index is 13.1. The molecule has 4 nitrogen and oxygen atoms in total. The molecule has 0 atom stereocenters. The first-order valence-electron chi connectivity index (χ1n) is 10.8. The molecule has 154 valence electrons. The molecule has 1 amide bonds. The Bertz CT molecular complexity index is 822. The molecule has 2 fully saturated rings. The number of carbonyl (C=O) groups is 1. The van der Waals surface area contributed by atoms with Crippen molar-refractivity contribution in [2.24, 2.45) is 0 Å². The highest BCUT2D eigenvalue weighted by molar-refractivity contribution is 5.73. The number of hydrogen-bond donors (Lipinski definition) is 0. The van der Waals surface area contributed by atoms with E-state index < -0.39 is 0 Å². The third-order valence-corrected chi connectivity index (χ3v) is 6.50. The number of piperidine rings is 2. The molecule has 2 saturated heterocycles. The summed E-state index contributed by atoms with van der Waals surface area (Å²) in [5.41, 5.74) is 3.33. The van der Waals surface area contributed by atoms with Gasteiger partial charge in [-0.1, -0.05) is 18.2 Å². The van der Waals surface area contributed by atoms with Crippen LogP contribution >= 0.6 is 0 Å². The first kappa shape index (κ1) is 20.0. The molecule has 4 rings (SSSR count). The number of carbonyl (C=O) groups excluding carboxylic acids is 1. The summed E-state index contributed by atoms with van der Waals surface area (Å²) in [6, 6.07) is 13.6. The van der Waals surface area contributed by atoms with Crippen LogP contribution in [0.4, 0.5) is 4.39 Å². The molecular formula is C24H30FN3O. The standard InChI is InChI=1S/C24H30FN3O/c1-18(29)27-15-11-23(12-16-27)28-13-9-20(10-14-28)24-4-2-3-22(26-24)17-19-5-7-21(25)8-6-19/h2-8,20,23H,9-17H2,1H3. The van der Waals surface area contributed by atoms with Gasteiger partial charge >= 0.3 is 0 Å². The van der Waals surface area contributed by atoms with Gasteiger partial charge < -0.3 is 9.80 Å². The Kier molecular flexibility index (Phi) is 6.24. The average Bonchev–Trinajstić information content (AvgIpc) is 2.76. The van der Waals surface area contributed by atoms with Crippen LogP contribution < -0.4 is 0 Å². The van der Waals surface area contributed by atoms with E-state index in [4.69, 9.17) is 4.98 Å². The van der Waals surface area contributed by atoms with Crippen molar-refractivity contribution in [1.29, 1.82) is 0 Å². The van der Waals surface area contributed by atoms with Crippen molar-refractivity contribution in [3.8, 4) is 0 Å². The minimum atomic E-state index is -0.200. The first-order chi connectivity index (χ1) is 14.1. The van der Waals surface area contributed by atoms with E-state index in [1.54, 1.807) is 6.92 Å². The van der Waals surface area contributed by atoms with E-state index in [9.17, 15) is 9.18 Å². The second kappa shape index (κ2) is 9.04. The molecular weight excluding hydrogens is 365 g/mol. The van der Waals surface area contributed by atoms with Gasteiger partial charge in [-0.3, -0.25) is 9.78 Å². The Hall–Kier alpha value is -2.27. The van der Waals surface area contributed by atoms with Gasteiger partial charge in [-0.15, -0.1) is 0 Å². The highest BCUT2D eigenvalue weighted by Crippen LogP contribution is 2.30. The SMILES string of the molecule is CC(=O)N1CCC(N2CCC(c3cccc(Cc4ccc(F)cc4)n3)CC2)CC1. The van der Waals surface area contributed by atoms with E-state index in [1.165, 1.54) is 17.8 Å². The molecule has 0 unspecified atom stereocenters. The van der Waals surface area contributed by atoms with Gasteiger partial charge in [-0.2, -0.15) is 0 Å². The zero-order valence-electron chi connectivity index (χ0n) is 17.2. The molecule has 0 spiro atoms. The molecule has 1 aromatic heterocycles. The third kappa shape index (κ3) is 5.02. The van der Waals surface area contributed by atoms with Crippen molar-refractivity contribution >= 4 is 5.91 Å². The number of pyridine rings is 1. The Labute approximate surface area is 172 Å². The lowest BCUT2D eigenvalue weighted by atomic mass is 9.90. The first-order valence-corrected chi connectivity index (χ1v) is 10.8. The number of aromatic nitrogens is 1. The maximum atomic E-state index is 13.1. The smallest absolute Gasteiger partial charge is 0.219 e. The normalized spacial score (nSPS) is 19.4. The Morgan fingerprint density at radius 3 is 2.34 bits per heavy atom. The van der Waals surface area contributed by atoms with Crippen LogP contribution in [0.1, 0.15) is 55.5 Å². The summed E-state index contributed by atoms with van der Waals surface area (Å²) in [6.07, 6.45) is 5.20. The van der Waals surface area contributed by atoms with Crippen LogP contribution in [0.5, 0.6) is 0 Å². The van der Waals surface area contributed by atoms with Crippen LogP contribution in [-0.2, 0) is 11.2 Å². The van der Waals surface area contributed by atoms with Crippen molar-refractivity contribution in [3.63, 3.8) is 0 Å². The van der Waals surface area contributed by atoms with E-state index in [2.05, 4.69) is 23.1 Å². The van der Waals surface area contributed by atoms with Crippen LogP contribution in [-0.4, -0.2) is 52.9 Å². The molecule has 0 radical (unpaired) electrons. The van der Waals surface area contributed by atoms with E-state index in [-0.39, 0.29) is 11.7 Å². The highest BCUT2D eigenvalue weighted by atomic mass is 19.1. The number of benzene rings is 1. The minimum Gasteiger partial charge on any atom is -0.343 e. The number of rotatable bonds is 4. The van der Waals surface area contributed by atoms with Gasteiger partial charge in [0, 0.05) is 49.8 Å². The fourth-order valence-corrected chi connectivity index (χ4v) is 4.74. The minimum absolute atomic E-state index is 0.200. The quantitative estimate of drug-likeness (QED) is 0.785. The van der Waals surface area contributed by atoms with E-state index >= 15 is 0 Å².